The molecule has 1 aliphatic carbocycles. The predicted octanol–water partition coefficient (Wildman–Crippen LogP) is 3.01. The second kappa shape index (κ2) is 9.35. The Labute approximate surface area is 149 Å². The lowest BCUT2D eigenvalue weighted by atomic mass is 9.84. The number of benzene rings is 1. The van der Waals surface area contributed by atoms with E-state index in [2.05, 4.69) is 4.74 Å². The van der Waals surface area contributed by atoms with Crippen LogP contribution in [-0.2, 0) is 20.7 Å². The Morgan fingerprint density at radius 2 is 1.92 bits per heavy atom. The van der Waals surface area contributed by atoms with Crippen LogP contribution in [0, 0.1) is 5.92 Å². The van der Waals surface area contributed by atoms with Gasteiger partial charge < -0.3 is 9.64 Å². The maximum atomic E-state index is 12.3. The minimum atomic E-state index is -0.327. The van der Waals surface area contributed by atoms with Crippen LogP contribution < -0.4 is 0 Å². The molecule has 0 saturated heterocycles. The molecule has 1 aromatic carbocycles. The van der Waals surface area contributed by atoms with E-state index in [1.54, 1.807) is 7.05 Å². The zero-order valence-electron chi connectivity index (χ0n) is 15.1. The van der Waals surface area contributed by atoms with Crippen molar-refractivity contribution < 1.29 is 19.1 Å². The Balaban J connectivity index is 1.85. The maximum Gasteiger partial charge on any atom is 0.307 e. The van der Waals surface area contributed by atoms with Crippen LogP contribution in [-0.4, -0.2) is 43.3 Å². The van der Waals surface area contributed by atoms with Gasteiger partial charge in [-0.1, -0.05) is 18.6 Å². The maximum absolute atomic E-state index is 12.3. The fourth-order valence-corrected chi connectivity index (χ4v) is 3.20. The minimum absolute atomic E-state index is 0.113. The van der Waals surface area contributed by atoms with E-state index < -0.39 is 0 Å². The number of hydrogen-bond donors (Lipinski definition) is 0. The number of hydrogen-bond acceptors (Lipinski definition) is 4. The van der Waals surface area contributed by atoms with Crippen LogP contribution >= 0.6 is 0 Å². The number of aryl methyl sites for hydroxylation is 1. The summed E-state index contributed by atoms with van der Waals surface area (Å²) in [4.78, 5) is 36.9. The van der Waals surface area contributed by atoms with Crippen LogP contribution in [0.5, 0.6) is 0 Å². The summed E-state index contributed by atoms with van der Waals surface area (Å²) in [5, 5.41) is 0. The molecule has 1 amide bonds. The van der Waals surface area contributed by atoms with E-state index >= 15 is 0 Å². The molecule has 136 valence electrons. The Bertz CT molecular complexity index is 609. The minimum Gasteiger partial charge on any atom is -0.469 e. The Morgan fingerprint density at radius 1 is 1.20 bits per heavy atom. The summed E-state index contributed by atoms with van der Waals surface area (Å²) in [5.74, 6) is 0.176. The highest BCUT2D eigenvalue weighted by Crippen LogP contribution is 2.25. The number of amides is 1. The smallest absolute Gasteiger partial charge is 0.307 e. The lowest BCUT2D eigenvalue weighted by Gasteiger charge is -2.20. The molecule has 0 N–H and O–H groups in total. The second-order valence-corrected chi connectivity index (χ2v) is 6.70. The summed E-state index contributed by atoms with van der Waals surface area (Å²) in [7, 11) is 3.01. The molecule has 0 aromatic heterocycles. The summed E-state index contributed by atoms with van der Waals surface area (Å²) in [6.07, 6.45) is 5.88. The lowest BCUT2D eigenvalue weighted by molar-refractivity contribution is -0.140. The van der Waals surface area contributed by atoms with Crippen LogP contribution in [0.3, 0.4) is 0 Å². The van der Waals surface area contributed by atoms with Gasteiger partial charge in [0.2, 0.25) is 0 Å². The van der Waals surface area contributed by atoms with Gasteiger partial charge in [-0.15, -0.1) is 0 Å². The molecule has 0 radical (unpaired) electrons. The normalized spacial score (nSPS) is 17.2. The van der Waals surface area contributed by atoms with Gasteiger partial charge in [0.15, 0.2) is 0 Å². The summed E-state index contributed by atoms with van der Waals surface area (Å²) < 4.78 is 4.59. The van der Waals surface area contributed by atoms with Crippen molar-refractivity contribution in [1.82, 2.24) is 4.90 Å². The number of rotatable bonds is 7. The molecular weight excluding hydrogens is 318 g/mol. The van der Waals surface area contributed by atoms with Gasteiger partial charge in [-0.05, 0) is 43.4 Å². The van der Waals surface area contributed by atoms with Crippen molar-refractivity contribution in [3.63, 3.8) is 0 Å². The summed E-state index contributed by atoms with van der Waals surface area (Å²) in [6.45, 7) is 0.330. The lowest BCUT2D eigenvalue weighted by Crippen LogP contribution is -2.29. The highest BCUT2D eigenvalue weighted by Gasteiger charge is 2.21. The number of carbonyl (C=O) groups is 3. The topological polar surface area (TPSA) is 63.7 Å². The number of nitrogens with zero attached hydrogens (tertiary/aromatic N) is 1. The van der Waals surface area contributed by atoms with Gasteiger partial charge in [0.1, 0.15) is 5.78 Å². The van der Waals surface area contributed by atoms with E-state index in [-0.39, 0.29) is 24.2 Å². The Kier molecular flexibility index (Phi) is 7.16. The van der Waals surface area contributed by atoms with Gasteiger partial charge in [0.05, 0.1) is 13.5 Å². The number of methoxy groups -OCH3 is 1. The molecule has 5 nitrogen and oxygen atoms in total. The predicted molar refractivity (Wildman–Crippen MR) is 95.3 cm³/mol. The first-order chi connectivity index (χ1) is 12.0. The molecular formula is C20H27NO4. The van der Waals surface area contributed by atoms with E-state index in [1.165, 1.54) is 12.0 Å². The van der Waals surface area contributed by atoms with Gasteiger partial charge in [-0.25, -0.2) is 0 Å². The van der Waals surface area contributed by atoms with Crippen molar-refractivity contribution in [1.29, 1.82) is 0 Å². The van der Waals surface area contributed by atoms with Gasteiger partial charge >= 0.3 is 5.97 Å². The third kappa shape index (κ3) is 5.69. The SMILES string of the molecule is COC(=O)CCN(C)C(=O)c1ccc(CCC2CCCCC2=O)cc1. The molecule has 1 saturated carbocycles. The fourth-order valence-electron chi connectivity index (χ4n) is 3.20. The van der Waals surface area contributed by atoms with Gasteiger partial charge in [-0.2, -0.15) is 0 Å². The number of esters is 1. The van der Waals surface area contributed by atoms with Crippen molar-refractivity contribution in [2.45, 2.75) is 44.9 Å². The van der Waals surface area contributed by atoms with Crippen LogP contribution in [0.25, 0.3) is 0 Å². The average Bonchev–Trinajstić information content (AvgIpc) is 2.65. The van der Waals surface area contributed by atoms with Crippen molar-refractivity contribution in [3.8, 4) is 0 Å². The molecule has 0 spiro atoms. The first-order valence-electron chi connectivity index (χ1n) is 8.95. The average molecular weight is 345 g/mol. The summed E-state index contributed by atoms with van der Waals surface area (Å²) >= 11 is 0. The largest absolute Gasteiger partial charge is 0.469 e. The number of ketones is 1. The van der Waals surface area contributed by atoms with Crippen molar-refractivity contribution in [2.75, 3.05) is 20.7 Å². The van der Waals surface area contributed by atoms with Gasteiger partial charge in [0.25, 0.3) is 5.91 Å². The van der Waals surface area contributed by atoms with E-state index in [9.17, 15) is 14.4 Å². The molecule has 1 atom stereocenters. The Morgan fingerprint density at radius 3 is 2.56 bits per heavy atom. The fraction of sp³-hybridized carbons (Fsp3) is 0.550. The standard InChI is InChI=1S/C20H27NO4/c1-21(14-13-19(23)25-2)20(24)17-11-8-15(9-12-17)7-10-16-5-3-4-6-18(16)22/h8-9,11-12,16H,3-7,10,13-14H2,1-2H3. The third-order valence-corrected chi connectivity index (χ3v) is 4.89. The zero-order valence-corrected chi connectivity index (χ0v) is 15.1. The van der Waals surface area contributed by atoms with Crippen LogP contribution in [0.1, 0.15) is 54.4 Å². The molecule has 2 rings (SSSR count). The monoisotopic (exact) mass is 345 g/mol. The quantitative estimate of drug-likeness (QED) is 0.713. The van der Waals surface area contributed by atoms with Crippen LogP contribution in [0.2, 0.25) is 0 Å². The van der Waals surface area contributed by atoms with Gasteiger partial charge in [0, 0.05) is 31.5 Å². The van der Waals surface area contributed by atoms with Crippen LogP contribution in [0.15, 0.2) is 24.3 Å². The third-order valence-electron chi connectivity index (χ3n) is 4.89. The van der Waals surface area contributed by atoms with E-state index in [1.807, 2.05) is 24.3 Å². The molecule has 0 heterocycles. The van der Waals surface area contributed by atoms with E-state index in [4.69, 9.17) is 0 Å². The zero-order chi connectivity index (χ0) is 18.2. The molecule has 1 fully saturated rings. The molecule has 1 aliphatic rings. The molecule has 1 aromatic rings. The number of carbonyl (C=O) groups excluding carboxylic acids is 3. The van der Waals surface area contributed by atoms with Crippen molar-refractivity contribution in [3.05, 3.63) is 35.4 Å². The number of ether oxygens (including phenoxy) is 1. The molecule has 0 aliphatic heterocycles. The molecule has 25 heavy (non-hydrogen) atoms. The highest BCUT2D eigenvalue weighted by molar-refractivity contribution is 5.94. The molecule has 0 bridgehead atoms. The summed E-state index contributed by atoms with van der Waals surface area (Å²) in [5.41, 5.74) is 1.75. The van der Waals surface area contributed by atoms with Crippen molar-refractivity contribution in [2.24, 2.45) is 5.92 Å². The van der Waals surface area contributed by atoms with Crippen molar-refractivity contribution >= 4 is 17.7 Å². The molecule has 1 unspecified atom stereocenters. The van der Waals surface area contributed by atoms with E-state index in [0.29, 0.717) is 17.9 Å². The van der Waals surface area contributed by atoms with Crippen LogP contribution in [0.4, 0.5) is 0 Å². The first kappa shape index (κ1) is 19.2. The first-order valence-corrected chi connectivity index (χ1v) is 8.95. The number of Topliss-reactive ketones (excluding diaryl/α,β-unsaturated/α-hetero) is 1. The van der Waals surface area contributed by atoms with Gasteiger partial charge in [-0.3, -0.25) is 14.4 Å². The second-order valence-electron chi connectivity index (χ2n) is 6.70. The Hall–Kier alpha value is -2.17. The molecule has 5 heteroatoms. The van der Waals surface area contributed by atoms with E-state index in [0.717, 1.165) is 44.1 Å². The highest BCUT2D eigenvalue weighted by atomic mass is 16.5. The summed E-state index contributed by atoms with van der Waals surface area (Å²) in [6, 6.07) is 7.54.